The van der Waals surface area contributed by atoms with Gasteiger partial charge in [-0.2, -0.15) is 10.2 Å². The first-order valence-corrected chi connectivity index (χ1v) is 8.02. The van der Waals surface area contributed by atoms with E-state index in [-0.39, 0.29) is 11.7 Å². The Hall–Kier alpha value is -2.02. The van der Waals surface area contributed by atoms with Crippen LogP contribution >= 0.6 is 34.8 Å². The van der Waals surface area contributed by atoms with Crippen molar-refractivity contribution < 1.29 is 4.79 Å². The van der Waals surface area contributed by atoms with Gasteiger partial charge in [-0.1, -0.05) is 40.9 Å². The highest BCUT2D eigenvalue weighted by Crippen LogP contribution is 2.24. The second-order valence-electron chi connectivity index (χ2n) is 5.12. The monoisotopic (exact) mass is 383 g/mol. The van der Waals surface area contributed by atoms with Crippen LogP contribution in [-0.2, 0) is 13.6 Å². The van der Waals surface area contributed by atoms with Crippen LogP contribution in [0.2, 0.25) is 15.1 Å². The number of anilines is 1. The van der Waals surface area contributed by atoms with Crippen LogP contribution in [0.3, 0.4) is 0 Å². The number of nitrogens with zero attached hydrogens (tertiary/aromatic N) is 4. The molecule has 0 spiro atoms. The molecule has 0 saturated carbocycles. The first-order valence-electron chi connectivity index (χ1n) is 6.89. The largest absolute Gasteiger partial charge is 0.304 e. The maximum atomic E-state index is 12.1. The number of nitrogens with one attached hydrogen (secondary N) is 1. The van der Waals surface area contributed by atoms with Crippen molar-refractivity contribution in [2.75, 3.05) is 5.32 Å². The van der Waals surface area contributed by atoms with E-state index in [2.05, 4.69) is 15.5 Å². The molecule has 3 aromatic rings. The summed E-state index contributed by atoms with van der Waals surface area (Å²) >= 11 is 18.2. The van der Waals surface area contributed by atoms with E-state index in [1.165, 1.54) is 10.9 Å². The third-order valence-electron chi connectivity index (χ3n) is 3.26. The molecule has 2 heterocycles. The minimum absolute atomic E-state index is 0.274. The lowest BCUT2D eigenvalue weighted by molar-refractivity contribution is 0.102. The molecule has 0 unspecified atom stereocenters. The highest BCUT2D eigenvalue weighted by Gasteiger charge is 2.14. The van der Waals surface area contributed by atoms with Crippen molar-refractivity contribution in [1.29, 1.82) is 0 Å². The van der Waals surface area contributed by atoms with Crippen molar-refractivity contribution in [3.8, 4) is 0 Å². The van der Waals surface area contributed by atoms with Gasteiger partial charge in [0.05, 0.1) is 18.3 Å². The molecule has 9 heteroatoms. The predicted molar refractivity (Wildman–Crippen MR) is 94.0 cm³/mol. The van der Waals surface area contributed by atoms with Gasteiger partial charge >= 0.3 is 0 Å². The smallest absolute Gasteiger partial charge is 0.260 e. The molecule has 3 rings (SSSR count). The molecular weight excluding hydrogens is 373 g/mol. The molecule has 1 N–H and O–H groups in total. The van der Waals surface area contributed by atoms with Crippen LogP contribution in [0.25, 0.3) is 0 Å². The van der Waals surface area contributed by atoms with E-state index in [0.717, 1.165) is 5.56 Å². The summed E-state index contributed by atoms with van der Waals surface area (Å²) in [5, 5.41) is 12.3. The molecular formula is C15H12Cl3N5O. The molecule has 0 radical (unpaired) electrons. The summed E-state index contributed by atoms with van der Waals surface area (Å²) in [5.41, 5.74) is 1.26. The topological polar surface area (TPSA) is 64.7 Å². The van der Waals surface area contributed by atoms with E-state index in [1.54, 1.807) is 36.3 Å². The van der Waals surface area contributed by atoms with Crippen LogP contribution in [0.15, 0.2) is 36.8 Å². The number of benzene rings is 1. The molecule has 0 aliphatic carbocycles. The number of carbonyl (C=O) groups excluding carboxylic acids is 1. The van der Waals surface area contributed by atoms with E-state index in [4.69, 9.17) is 34.8 Å². The number of aromatic nitrogens is 4. The molecule has 0 atom stereocenters. The van der Waals surface area contributed by atoms with Crippen molar-refractivity contribution in [3.05, 3.63) is 63.0 Å². The number of halogens is 3. The van der Waals surface area contributed by atoms with Gasteiger partial charge in [-0.05, 0) is 17.7 Å². The van der Waals surface area contributed by atoms with Crippen molar-refractivity contribution >= 4 is 46.5 Å². The highest BCUT2D eigenvalue weighted by molar-refractivity contribution is 6.35. The third kappa shape index (κ3) is 3.72. The van der Waals surface area contributed by atoms with Crippen LogP contribution in [0.5, 0.6) is 0 Å². The fraction of sp³-hybridized carbons (Fsp3) is 0.133. The molecule has 1 amide bonds. The van der Waals surface area contributed by atoms with Gasteiger partial charge in [0.2, 0.25) is 0 Å². The molecule has 0 fully saturated rings. The summed E-state index contributed by atoms with van der Waals surface area (Å²) in [4.78, 5) is 12.1. The van der Waals surface area contributed by atoms with Crippen LogP contribution in [0, 0.1) is 0 Å². The third-order valence-corrected chi connectivity index (χ3v) is 4.13. The zero-order chi connectivity index (χ0) is 17.3. The Morgan fingerprint density at radius 2 is 2.00 bits per heavy atom. The minimum atomic E-state index is -0.334. The Balaban J connectivity index is 1.76. The summed E-state index contributed by atoms with van der Waals surface area (Å²) in [5.74, 6) is -0.0598. The fourth-order valence-electron chi connectivity index (χ4n) is 2.11. The average Bonchev–Trinajstić information content (AvgIpc) is 3.09. The Kier molecular flexibility index (Phi) is 4.80. The summed E-state index contributed by atoms with van der Waals surface area (Å²) in [7, 11) is 1.73. The zero-order valence-electron chi connectivity index (χ0n) is 12.5. The second-order valence-corrected chi connectivity index (χ2v) is 6.37. The number of hydrogen-bond donors (Lipinski definition) is 1. The van der Waals surface area contributed by atoms with Crippen molar-refractivity contribution in [2.24, 2.45) is 7.05 Å². The van der Waals surface area contributed by atoms with Crippen molar-refractivity contribution in [2.45, 2.75) is 6.54 Å². The average molecular weight is 385 g/mol. The predicted octanol–water partition coefficient (Wildman–Crippen LogP) is 3.88. The van der Waals surface area contributed by atoms with Crippen LogP contribution < -0.4 is 5.32 Å². The molecule has 6 nitrogen and oxygen atoms in total. The fourth-order valence-corrected chi connectivity index (χ4v) is 2.77. The number of hydrogen-bond acceptors (Lipinski definition) is 3. The van der Waals surface area contributed by atoms with Crippen molar-refractivity contribution in [3.63, 3.8) is 0 Å². The SMILES string of the molecule is Cn1cc(C(=O)Nc2nn(Cc3ccc(Cl)cc3Cl)cc2Cl)cn1. The standard InChI is InChI=1S/C15H12Cl3N5O/c1-22-6-10(5-19-22)15(24)20-14-13(18)8-23(21-14)7-9-2-3-11(16)4-12(9)17/h2-6,8H,7H2,1H3,(H,20,21,24). The first-order chi connectivity index (χ1) is 11.4. The van der Waals surface area contributed by atoms with Gasteiger partial charge in [0.1, 0.15) is 5.02 Å². The number of rotatable bonds is 4. The van der Waals surface area contributed by atoms with Gasteiger partial charge in [-0.25, -0.2) is 0 Å². The van der Waals surface area contributed by atoms with Gasteiger partial charge in [-0.3, -0.25) is 14.2 Å². The Morgan fingerprint density at radius 1 is 1.21 bits per heavy atom. The number of aryl methyl sites for hydroxylation is 1. The van der Waals surface area contributed by atoms with Gasteiger partial charge < -0.3 is 5.32 Å². The van der Waals surface area contributed by atoms with Gasteiger partial charge in [-0.15, -0.1) is 0 Å². The first kappa shape index (κ1) is 16.8. The lowest BCUT2D eigenvalue weighted by atomic mass is 10.2. The highest BCUT2D eigenvalue weighted by atomic mass is 35.5. The normalized spacial score (nSPS) is 10.8. The van der Waals surface area contributed by atoms with E-state index in [9.17, 15) is 4.79 Å². The molecule has 1 aromatic carbocycles. The zero-order valence-corrected chi connectivity index (χ0v) is 14.8. The Labute approximate surface area is 152 Å². The number of carbonyl (C=O) groups is 1. The van der Waals surface area contributed by atoms with Gasteiger partial charge in [0, 0.05) is 29.5 Å². The van der Waals surface area contributed by atoms with E-state index >= 15 is 0 Å². The molecule has 0 saturated heterocycles. The second kappa shape index (κ2) is 6.84. The minimum Gasteiger partial charge on any atom is -0.304 e. The van der Waals surface area contributed by atoms with E-state index < -0.39 is 0 Å². The van der Waals surface area contributed by atoms with Gasteiger partial charge in [0.15, 0.2) is 5.82 Å². The molecule has 0 aliphatic heterocycles. The van der Waals surface area contributed by atoms with Crippen LogP contribution in [0.1, 0.15) is 15.9 Å². The number of amides is 1. The lowest BCUT2D eigenvalue weighted by Gasteiger charge is -2.05. The lowest BCUT2D eigenvalue weighted by Crippen LogP contribution is -2.12. The summed E-state index contributed by atoms with van der Waals surface area (Å²) < 4.78 is 3.13. The maximum Gasteiger partial charge on any atom is 0.260 e. The maximum absolute atomic E-state index is 12.1. The Bertz CT molecular complexity index is 902. The molecule has 124 valence electrons. The van der Waals surface area contributed by atoms with Crippen LogP contribution in [0.4, 0.5) is 5.82 Å². The van der Waals surface area contributed by atoms with Crippen LogP contribution in [-0.4, -0.2) is 25.5 Å². The summed E-state index contributed by atoms with van der Waals surface area (Å²) in [6.07, 6.45) is 4.69. The molecule has 2 aromatic heterocycles. The summed E-state index contributed by atoms with van der Waals surface area (Å²) in [6.45, 7) is 0.401. The van der Waals surface area contributed by atoms with Gasteiger partial charge in [0.25, 0.3) is 5.91 Å². The van der Waals surface area contributed by atoms with E-state index in [1.807, 2.05) is 6.07 Å². The quantitative estimate of drug-likeness (QED) is 0.742. The van der Waals surface area contributed by atoms with E-state index in [0.29, 0.717) is 27.2 Å². The molecule has 0 bridgehead atoms. The summed E-state index contributed by atoms with van der Waals surface area (Å²) in [6, 6.07) is 5.22. The van der Waals surface area contributed by atoms with Crippen molar-refractivity contribution in [1.82, 2.24) is 19.6 Å². The Morgan fingerprint density at radius 3 is 2.67 bits per heavy atom. The molecule has 24 heavy (non-hydrogen) atoms. The molecule has 0 aliphatic rings.